The van der Waals surface area contributed by atoms with E-state index < -0.39 is 39.3 Å². The van der Waals surface area contributed by atoms with Gasteiger partial charge in [0.05, 0.1) is 42.2 Å². The predicted octanol–water partition coefficient (Wildman–Crippen LogP) is 5.07. The fourth-order valence-electron chi connectivity index (χ4n) is 5.06. The van der Waals surface area contributed by atoms with Crippen molar-refractivity contribution < 1.29 is 36.7 Å². The summed E-state index contributed by atoms with van der Waals surface area (Å²) in [4.78, 5) is 40.8. The Balaban J connectivity index is 1.38. The molecule has 0 radical (unpaired) electrons. The molecule has 0 bridgehead atoms. The van der Waals surface area contributed by atoms with Crippen LogP contribution in [0.4, 0.5) is 10.1 Å². The zero-order valence-corrected chi connectivity index (χ0v) is 24.6. The molecule has 5 rings (SSSR count). The summed E-state index contributed by atoms with van der Waals surface area (Å²) in [6.07, 6.45) is -0.308. The van der Waals surface area contributed by atoms with Gasteiger partial charge in [0.2, 0.25) is 15.9 Å². The number of hydrogen-bond acceptors (Lipinski definition) is 7. The molecule has 4 aromatic carbocycles. The van der Waals surface area contributed by atoms with Gasteiger partial charge >= 0.3 is 0 Å². The second-order valence-electron chi connectivity index (χ2n) is 9.98. The number of sulfonamides is 1. The summed E-state index contributed by atoms with van der Waals surface area (Å²) in [7, 11) is -4.09. The van der Waals surface area contributed by atoms with Crippen LogP contribution in [0.2, 0.25) is 0 Å². The van der Waals surface area contributed by atoms with Crippen LogP contribution in [0.25, 0.3) is 10.8 Å². The molecule has 9 nitrogen and oxygen atoms in total. The molecule has 4 aromatic rings. The minimum absolute atomic E-state index is 0.108. The molecule has 43 heavy (non-hydrogen) atoms. The van der Waals surface area contributed by atoms with Gasteiger partial charge in [-0.15, -0.1) is 0 Å². The molecule has 1 N–H and O–H groups in total. The number of rotatable bonds is 10. The number of carbonyl (C=O) groups excluding carboxylic acids is 3. The highest BCUT2D eigenvalue weighted by atomic mass is 32.2. The minimum atomic E-state index is -4.09. The van der Waals surface area contributed by atoms with E-state index in [1.54, 1.807) is 39.0 Å². The highest BCUT2D eigenvalue weighted by Crippen LogP contribution is 2.46. The smallest absolute Gasteiger partial charge is 0.270 e. The number of imide groups is 1. The van der Waals surface area contributed by atoms with E-state index in [1.807, 2.05) is 16.9 Å². The molecule has 222 valence electrons. The van der Waals surface area contributed by atoms with Crippen LogP contribution in [0.1, 0.15) is 51.3 Å². The fourth-order valence-corrected chi connectivity index (χ4v) is 6.18. The Hall–Kier alpha value is -4.77. The van der Waals surface area contributed by atoms with Crippen LogP contribution < -0.4 is 19.1 Å². The second-order valence-corrected chi connectivity index (χ2v) is 11.7. The normalized spacial score (nSPS) is 12.9. The molecule has 1 aliphatic rings. The molecule has 11 heteroatoms. The van der Waals surface area contributed by atoms with Gasteiger partial charge in [-0.05, 0) is 55.7 Å². The first-order valence-electron chi connectivity index (χ1n) is 13.6. The maximum atomic E-state index is 13.8. The Bertz CT molecular complexity index is 1810. The van der Waals surface area contributed by atoms with Crippen molar-refractivity contribution in [2.45, 2.75) is 32.9 Å². The SMILES string of the molecule is CCOc1c2c(c(OCC)c3ccccc13)C(=O)N(c1ccc(CS(=O)(=O)NC(=O)Cc3ccc(C)c(F)c3)cc1)C2=O. The number of amides is 3. The van der Waals surface area contributed by atoms with Crippen molar-refractivity contribution in [3.63, 3.8) is 0 Å². The van der Waals surface area contributed by atoms with Gasteiger partial charge in [-0.2, -0.15) is 0 Å². The second kappa shape index (κ2) is 11.8. The third-order valence-corrected chi connectivity index (χ3v) is 8.21. The molecule has 0 atom stereocenters. The number of aryl methyl sites for hydroxylation is 1. The number of nitrogens with zero attached hydrogens (tertiary/aromatic N) is 1. The first-order valence-corrected chi connectivity index (χ1v) is 15.3. The largest absolute Gasteiger partial charge is 0.492 e. The molecule has 0 fully saturated rings. The lowest BCUT2D eigenvalue weighted by Crippen LogP contribution is -2.33. The summed E-state index contributed by atoms with van der Waals surface area (Å²) in [5.74, 6) is -2.40. The Morgan fingerprint density at radius 3 is 1.88 bits per heavy atom. The number of nitrogens with one attached hydrogen (secondary N) is 1. The lowest BCUT2D eigenvalue weighted by Gasteiger charge is -2.15. The van der Waals surface area contributed by atoms with E-state index in [2.05, 4.69) is 0 Å². The van der Waals surface area contributed by atoms with Crippen molar-refractivity contribution in [1.82, 2.24) is 4.72 Å². The van der Waals surface area contributed by atoms with Gasteiger partial charge in [-0.1, -0.05) is 48.5 Å². The molecule has 1 heterocycles. The van der Waals surface area contributed by atoms with E-state index in [1.165, 1.54) is 36.4 Å². The number of hydrogen-bond donors (Lipinski definition) is 1. The maximum Gasteiger partial charge on any atom is 0.270 e. The van der Waals surface area contributed by atoms with Gasteiger partial charge in [-0.25, -0.2) is 17.7 Å². The Kier molecular flexibility index (Phi) is 8.19. The summed E-state index contributed by atoms with van der Waals surface area (Å²) in [6.45, 7) is 5.70. The van der Waals surface area contributed by atoms with Gasteiger partial charge in [0, 0.05) is 10.8 Å². The first kappa shape index (κ1) is 29.7. The summed E-state index contributed by atoms with van der Waals surface area (Å²) >= 11 is 0. The van der Waals surface area contributed by atoms with Crippen LogP contribution in [0, 0.1) is 12.7 Å². The van der Waals surface area contributed by atoms with E-state index >= 15 is 0 Å². The van der Waals surface area contributed by atoms with Crippen LogP contribution in [-0.2, 0) is 27.0 Å². The van der Waals surface area contributed by atoms with Crippen LogP contribution in [0.5, 0.6) is 11.5 Å². The average Bonchev–Trinajstić information content (AvgIpc) is 3.22. The van der Waals surface area contributed by atoms with Crippen LogP contribution >= 0.6 is 0 Å². The molecule has 0 aliphatic carbocycles. The van der Waals surface area contributed by atoms with E-state index in [-0.39, 0.29) is 36.4 Å². The Morgan fingerprint density at radius 2 is 1.37 bits per heavy atom. The van der Waals surface area contributed by atoms with Gasteiger partial charge < -0.3 is 9.47 Å². The molecule has 3 amide bonds. The number of ether oxygens (including phenoxy) is 2. The molecule has 0 unspecified atom stereocenters. The van der Waals surface area contributed by atoms with Crippen molar-refractivity contribution in [2.24, 2.45) is 0 Å². The van der Waals surface area contributed by atoms with Gasteiger partial charge in [-0.3, -0.25) is 19.1 Å². The molecule has 1 aliphatic heterocycles. The third-order valence-electron chi connectivity index (χ3n) is 6.95. The fraction of sp³-hybridized carbons (Fsp3) is 0.219. The molecule has 0 saturated heterocycles. The number of halogens is 1. The van der Waals surface area contributed by atoms with Crippen LogP contribution in [0.3, 0.4) is 0 Å². The van der Waals surface area contributed by atoms with Crippen molar-refractivity contribution in [3.05, 3.63) is 100 Å². The zero-order chi connectivity index (χ0) is 30.9. The standard InChI is InChI=1S/C32H29FN2O7S/c1-4-41-29-23-8-6-7-9-24(23)30(42-5-2)28-27(29)31(37)35(32(28)38)22-14-12-20(13-15-22)18-43(39,40)34-26(36)17-21-11-10-19(3)25(33)16-21/h6-16H,4-5,17-18H2,1-3H3,(H,34,36). The lowest BCUT2D eigenvalue weighted by atomic mass is 9.99. The van der Waals surface area contributed by atoms with Gasteiger partial charge in [0.1, 0.15) is 17.3 Å². The van der Waals surface area contributed by atoms with Crippen LogP contribution in [0.15, 0.2) is 66.7 Å². The summed E-state index contributed by atoms with van der Waals surface area (Å²) in [5, 5.41) is 1.29. The van der Waals surface area contributed by atoms with Crippen LogP contribution in [-0.4, -0.2) is 39.4 Å². The molecule has 0 aromatic heterocycles. The average molecular weight is 605 g/mol. The molecule has 0 saturated carbocycles. The van der Waals surface area contributed by atoms with Gasteiger partial charge in [0.25, 0.3) is 11.8 Å². The molecular weight excluding hydrogens is 575 g/mol. The van der Waals surface area contributed by atoms with Crippen molar-refractivity contribution in [2.75, 3.05) is 18.1 Å². The van der Waals surface area contributed by atoms with E-state index in [0.29, 0.717) is 39.0 Å². The zero-order valence-electron chi connectivity index (χ0n) is 23.8. The van der Waals surface area contributed by atoms with E-state index in [0.717, 1.165) is 4.90 Å². The van der Waals surface area contributed by atoms with Gasteiger partial charge in [0.15, 0.2) is 0 Å². The minimum Gasteiger partial charge on any atom is -0.492 e. The van der Waals surface area contributed by atoms with E-state index in [4.69, 9.17) is 9.47 Å². The molecular formula is C32H29FN2O7S. The van der Waals surface area contributed by atoms with E-state index in [9.17, 15) is 27.2 Å². The monoisotopic (exact) mass is 604 g/mol. The lowest BCUT2D eigenvalue weighted by molar-refractivity contribution is -0.118. The molecule has 0 spiro atoms. The van der Waals surface area contributed by atoms with Crippen molar-refractivity contribution in [3.8, 4) is 11.5 Å². The number of fused-ring (bicyclic) bond motifs is 2. The van der Waals surface area contributed by atoms with Crippen molar-refractivity contribution in [1.29, 1.82) is 0 Å². The Labute approximate surface area is 248 Å². The first-order chi connectivity index (χ1) is 20.5. The van der Waals surface area contributed by atoms with Crippen molar-refractivity contribution >= 4 is 44.2 Å². The highest BCUT2D eigenvalue weighted by Gasteiger charge is 2.43. The third kappa shape index (κ3) is 5.80. The number of benzene rings is 4. The Morgan fingerprint density at radius 1 is 0.837 bits per heavy atom. The number of anilines is 1. The summed E-state index contributed by atoms with van der Waals surface area (Å²) in [5.41, 5.74) is 1.52. The summed E-state index contributed by atoms with van der Waals surface area (Å²) < 4.78 is 52.9. The quantitative estimate of drug-likeness (QED) is 0.251. The number of carbonyl (C=O) groups is 3. The highest BCUT2D eigenvalue weighted by molar-refractivity contribution is 7.89. The maximum absolute atomic E-state index is 13.8. The summed E-state index contributed by atoms with van der Waals surface area (Å²) in [6, 6.07) is 17.3. The topological polar surface area (TPSA) is 119 Å². The predicted molar refractivity (Wildman–Crippen MR) is 159 cm³/mol.